The smallest absolute Gasteiger partial charge is 0.414 e. The van der Waals surface area contributed by atoms with Gasteiger partial charge in [-0.05, 0) is 57.3 Å². The second-order valence-corrected chi connectivity index (χ2v) is 8.20. The predicted molar refractivity (Wildman–Crippen MR) is 109 cm³/mol. The van der Waals surface area contributed by atoms with E-state index in [1.165, 1.54) is 57.2 Å². The third-order valence-corrected chi connectivity index (χ3v) is 6.01. The molecular formula is C22H34N2O4. The fraction of sp³-hybridized carbons (Fsp3) is 0.636. The van der Waals surface area contributed by atoms with Gasteiger partial charge < -0.3 is 15.1 Å². The van der Waals surface area contributed by atoms with Gasteiger partial charge in [-0.25, -0.2) is 9.59 Å². The lowest BCUT2D eigenvalue weighted by atomic mass is 9.85. The number of nitrogens with zero attached hydrogens (tertiary/aromatic N) is 2. The average Bonchev–Trinajstić information content (AvgIpc) is 2.69. The first kappa shape index (κ1) is 22.4. The molecule has 1 aromatic rings. The molecule has 0 radical (unpaired) electrons. The maximum absolute atomic E-state index is 9.10. The normalized spacial score (nSPS) is 23.7. The zero-order valence-electron chi connectivity index (χ0n) is 17.1. The van der Waals surface area contributed by atoms with Crippen molar-refractivity contribution < 1.29 is 19.8 Å². The second-order valence-electron chi connectivity index (χ2n) is 8.20. The van der Waals surface area contributed by atoms with Crippen LogP contribution in [0.4, 0.5) is 0 Å². The van der Waals surface area contributed by atoms with Gasteiger partial charge in [0, 0.05) is 18.6 Å². The predicted octanol–water partition coefficient (Wildman–Crippen LogP) is 3.32. The van der Waals surface area contributed by atoms with Gasteiger partial charge in [-0.3, -0.25) is 4.90 Å². The molecule has 1 aliphatic heterocycles. The van der Waals surface area contributed by atoms with Crippen LogP contribution in [0.5, 0.6) is 0 Å². The largest absolute Gasteiger partial charge is 0.473 e. The van der Waals surface area contributed by atoms with Crippen LogP contribution in [0.3, 0.4) is 0 Å². The van der Waals surface area contributed by atoms with Crippen molar-refractivity contribution in [1.29, 1.82) is 0 Å². The van der Waals surface area contributed by atoms with Gasteiger partial charge in [-0.2, -0.15) is 0 Å². The van der Waals surface area contributed by atoms with Crippen LogP contribution < -0.4 is 0 Å². The lowest BCUT2D eigenvalue weighted by molar-refractivity contribution is -0.159. The third kappa shape index (κ3) is 7.24. The summed E-state index contributed by atoms with van der Waals surface area (Å²) in [7, 11) is 2.30. The SMILES string of the molecule is CC1CCCC(N2CCC(N(C)Cc3ccccc3)CC2)C1.O=C(O)C(=O)O. The van der Waals surface area contributed by atoms with Crippen LogP contribution >= 0.6 is 0 Å². The molecule has 1 saturated carbocycles. The molecule has 6 heteroatoms. The van der Waals surface area contributed by atoms with Crippen molar-refractivity contribution in [3.05, 3.63) is 35.9 Å². The van der Waals surface area contributed by atoms with Gasteiger partial charge in [0.2, 0.25) is 0 Å². The fourth-order valence-corrected chi connectivity index (χ4v) is 4.43. The monoisotopic (exact) mass is 390 g/mol. The van der Waals surface area contributed by atoms with Crippen molar-refractivity contribution in [2.75, 3.05) is 20.1 Å². The molecular weight excluding hydrogens is 356 g/mol. The zero-order chi connectivity index (χ0) is 20.5. The molecule has 28 heavy (non-hydrogen) atoms. The highest BCUT2D eigenvalue weighted by Gasteiger charge is 2.29. The van der Waals surface area contributed by atoms with Gasteiger partial charge in [-0.15, -0.1) is 0 Å². The molecule has 2 fully saturated rings. The lowest BCUT2D eigenvalue weighted by Gasteiger charge is -2.42. The van der Waals surface area contributed by atoms with E-state index in [1.807, 2.05) is 0 Å². The molecule has 2 aliphatic rings. The van der Waals surface area contributed by atoms with Crippen molar-refractivity contribution in [3.63, 3.8) is 0 Å². The van der Waals surface area contributed by atoms with Gasteiger partial charge in [-0.1, -0.05) is 50.1 Å². The van der Waals surface area contributed by atoms with E-state index in [-0.39, 0.29) is 0 Å². The van der Waals surface area contributed by atoms with Crippen LogP contribution in [0.2, 0.25) is 0 Å². The van der Waals surface area contributed by atoms with E-state index in [0.717, 1.165) is 24.5 Å². The summed E-state index contributed by atoms with van der Waals surface area (Å²) in [5.74, 6) is -2.71. The Morgan fingerprint density at radius 1 is 1.04 bits per heavy atom. The Hall–Kier alpha value is -1.92. The van der Waals surface area contributed by atoms with Crippen LogP contribution in [0.25, 0.3) is 0 Å². The lowest BCUT2D eigenvalue weighted by Crippen LogP contribution is -2.48. The van der Waals surface area contributed by atoms with Crippen LogP contribution in [0.15, 0.2) is 30.3 Å². The molecule has 0 aromatic heterocycles. The Labute approximate surface area is 168 Å². The summed E-state index contributed by atoms with van der Waals surface area (Å²) in [4.78, 5) is 23.6. The van der Waals surface area contributed by atoms with Crippen molar-refractivity contribution in [1.82, 2.24) is 9.80 Å². The molecule has 0 bridgehead atoms. The summed E-state index contributed by atoms with van der Waals surface area (Å²) in [6.07, 6.45) is 8.45. The Morgan fingerprint density at radius 2 is 1.64 bits per heavy atom. The first-order valence-electron chi connectivity index (χ1n) is 10.3. The molecule has 156 valence electrons. The number of hydrogen-bond acceptors (Lipinski definition) is 4. The topological polar surface area (TPSA) is 81.1 Å². The van der Waals surface area contributed by atoms with E-state index >= 15 is 0 Å². The minimum absolute atomic E-state index is 0.762. The molecule has 1 aromatic carbocycles. The average molecular weight is 391 g/mol. The minimum atomic E-state index is -1.82. The quantitative estimate of drug-likeness (QED) is 0.768. The van der Waals surface area contributed by atoms with E-state index in [0.29, 0.717) is 0 Å². The summed E-state index contributed by atoms with van der Waals surface area (Å²) >= 11 is 0. The molecule has 1 heterocycles. The highest BCUT2D eigenvalue weighted by Crippen LogP contribution is 2.29. The number of piperidine rings is 1. The summed E-state index contributed by atoms with van der Waals surface area (Å²) in [5, 5.41) is 14.8. The van der Waals surface area contributed by atoms with Crippen molar-refractivity contribution in [2.24, 2.45) is 5.92 Å². The number of rotatable bonds is 4. The van der Waals surface area contributed by atoms with E-state index in [1.54, 1.807) is 0 Å². The summed E-state index contributed by atoms with van der Waals surface area (Å²) in [6, 6.07) is 12.5. The number of benzene rings is 1. The number of carboxylic acid groups (broad SMARTS) is 2. The highest BCUT2D eigenvalue weighted by molar-refractivity contribution is 6.27. The van der Waals surface area contributed by atoms with Crippen molar-refractivity contribution in [3.8, 4) is 0 Å². The molecule has 3 rings (SSSR count). The second kappa shape index (κ2) is 11.2. The van der Waals surface area contributed by atoms with Crippen LogP contribution in [0.1, 0.15) is 51.0 Å². The standard InChI is InChI=1S/C20H32N2.C2H2O4/c1-17-7-6-10-20(15-17)22-13-11-19(12-14-22)21(2)16-18-8-4-3-5-9-18;3-1(4)2(5)6/h3-5,8-9,17,19-20H,6-7,10-16H2,1-2H3;(H,3,4)(H,5,6). The summed E-state index contributed by atoms with van der Waals surface area (Å²) < 4.78 is 0. The van der Waals surface area contributed by atoms with Gasteiger partial charge in [0.15, 0.2) is 0 Å². The van der Waals surface area contributed by atoms with Gasteiger partial charge in [0.25, 0.3) is 0 Å². The Bertz CT molecular complexity index is 602. The van der Waals surface area contributed by atoms with Crippen LogP contribution in [-0.4, -0.2) is 64.2 Å². The van der Waals surface area contributed by atoms with E-state index in [2.05, 4.69) is 54.1 Å². The van der Waals surface area contributed by atoms with Gasteiger partial charge >= 0.3 is 11.9 Å². The first-order chi connectivity index (χ1) is 13.4. The Morgan fingerprint density at radius 3 is 2.18 bits per heavy atom. The first-order valence-corrected chi connectivity index (χ1v) is 10.3. The van der Waals surface area contributed by atoms with Crippen molar-refractivity contribution in [2.45, 2.75) is 64.1 Å². The number of carbonyl (C=O) groups is 2. The summed E-state index contributed by atoms with van der Waals surface area (Å²) in [5.41, 5.74) is 1.44. The minimum Gasteiger partial charge on any atom is -0.473 e. The molecule has 1 aliphatic carbocycles. The molecule has 2 unspecified atom stereocenters. The maximum atomic E-state index is 9.10. The van der Waals surface area contributed by atoms with E-state index < -0.39 is 11.9 Å². The molecule has 2 atom stereocenters. The number of hydrogen-bond donors (Lipinski definition) is 2. The maximum Gasteiger partial charge on any atom is 0.414 e. The van der Waals surface area contributed by atoms with E-state index in [4.69, 9.17) is 19.8 Å². The Balaban J connectivity index is 0.000000409. The van der Waals surface area contributed by atoms with Crippen molar-refractivity contribution >= 4 is 11.9 Å². The highest BCUT2D eigenvalue weighted by atomic mass is 16.4. The zero-order valence-corrected chi connectivity index (χ0v) is 17.1. The number of carboxylic acids is 2. The fourth-order valence-electron chi connectivity index (χ4n) is 4.43. The molecule has 2 N–H and O–H groups in total. The number of likely N-dealkylation sites (tertiary alicyclic amines) is 1. The van der Waals surface area contributed by atoms with E-state index in [9.17, 15) is 0 Å². The third-order valence-electron chi connectivity index (χ3n) is 6.01. The molecule has 0 spiro atoms. The van der Waals surface area contributed by atoms with Crippen LogP contribution in [-0.2, 0) is 16.1 Å². The van der Waals surface area contributed by atoms with Gasteiger partial charge in [0.05, 0.1) is 0 Å². The number of aliphatic carboxylic acids is 2. The molecule has 1 saturated heterocycles. The Kier molecular flexibility index (Phi) is 8.93. The van der Waals surface area contributed by atoms with Gasteiger partial charge in [0.1, 0.15) is 0 Å². The summed E-state index contributed by atoms with van der Waals surface area (Å²) in [6.45, 7) is 6.14. The van der Waals surface area contributed by atoms with Crippen LogP contribution in [0, 0.1) is 5.92 Å². The molecule has 6 nitrogen and oxygen atoms in total. The molecule has 0 amide bonds.